The van der Waals surface area contributed by atoms with Gasteiger partial charge in [0, 0.05) is 6.08 Å². The molecule has 0 aliphatic carbocycles. The van der Waals surface area contributed by atoms with Crippen molar-refractivity contribution in [1.29, 1.82) is 0 Å². The van der Waals surface area contributed by atoms with Gasteiger partial charge in [-0.2, -0.15) is 0 Å². The normalized spacial score (nSPS) is 10.4. The van der Waals surface area contributed by atoms with Gasteiger partial charge in [-0.25, -0.2) is 9.78 Å². The number of benzene rings is 2. The average molecular weight is 311 g/mol. The van der Waals surface area contributed by atoms with Crippen molar-refractivity contribution in [2.24, 2.45) is 0 Å². The fraction of sp³-hybridized carbons (Fsp3) is 0.0588. The number of thiazole rings is 1. The minimum Gasteiger partial charge on any atom is -0.492 e. The van der Waals surface area contributed by atoms with Gasteiger partial charge in [0.05, 0.1) is 22.9 Å². The number of hydrogen-bond donors (Lipinski definition) is 0. The van der Waals surface area contributed by atoms with E-state index in [0.717, 1.165) is 26.9 Å². The Labute approximate surface area is 131 Å². The van der Waals surface area contributed by atoms with Crippen molar-refractivity contribution in [3.63, 3.8) is 0 Å². The van der Waals surface area contributed by atoms with E-state index in [1.165, 1.54) is 7.11 Å². The van der Waals surface area contributed by atoms with Gasteiger partial charge in [-0.3, -0.25) is 0 Å². The summed E-state index contributed by atoms with van der Waals surface area (Å²) in [4.78, 5) is 16.0. The number of aromatic nitrogens is 1. The van der Waals surface area contributed by atoms with Crippen molar-refractivity contribution >= 4 is 27.5 Å². The van der Waals surface area contributed by atoms with E-state index in [4.69, 9.17) is 9.47 Å². The molecule has 22 heavy (non-hydrogen) atoms. The minimum atomic E-state index is -0.528. The second-order valence-electron chi connectivity index (χ2n) is 4.45. The average Bonchev–Trinajstić information content (AvgIpc) is 2.98. The first kappa shape index (κ1) is 14.3. The lowest BCUT2D eigenvalue weighted by atomic mass is 10.2. The van der Waals surface area contributed by atoms with Crippen molar-refractivity contribution in [3.8, 4) is 22.1 Å². The quantitative estimate of drug-likeness (QED) is 0.414. The summed E-state index contributed by atoms with van der Waals surface area (Å²) in [5.41, 5.74) is 1.72. The van der Waals surface area contributed by atoms with Crippen LogP contribution in [0, 0.1) is 0 Å². The predicted octanol–water partition coefficient (Wildman–Crippen LogP) is 4.06. The van der Waals surface area contributed by atoms with E-state index in [9.17, 15) is 4.79 Å². The van der Waals surface area contributed by atoms with Gasteiger partial charge in [0.2, 0.25) is 0 Å². The highest BCUT2D eigenvalue weighted by molar-refractivity contribution is 7.21. The molecular formula is C17H13NO3S. The van der Waals surface area contributed by atoms with Crippen LogP contribution in [-0.4, -0.2) is 18.1 Å². The molecule has 3 rings (SSSR count). The SMILES string of the molecule is C=CC(=O)Oc1cccc(-c2nc3ccccc3s2)c1OC. The highest BCUT2D eigenvalue weighted by Crippen LogP contribution is 2.40. The third-order valence-corrected chi connectivity index (χ3v) is 4.15. The first-order valence-corrected chi connectivity index (χ1v) is 7.41. The van der Waals surface area contributed by atoms with E-state index < -0.39 is 5.97 Å². The van der Waals surface area contributed by atoms with Crippen molar-refractivity contribution in [2.75, 3.05) is 7.11 Å². The first-order chi connectivity index (χ1) is 10.7. The van der Waals surface area contributed by atoms with E-state index in [0.29, 0.717) is 11.5 Å². The standard InChI is InChI=1S/C17H13NO3S/c1-3-15(19)21-13-9-6-7-11(16(13)20-2)17-18-12-8-4-5-10-14(12)22-17/h3-10H,1H2,2H3. The molecule has 0 radical (unpaired) electrons. The zero-order valence-electron chi connectivity index (χ0n) is 11.9. The molecule has 3 aromatic rings. The number of rotatable bonds is 4. The lowest BCUT2D eigenvalue weighted by molar-refractivity contribution is -0.129. The second kappa shape index (κ2) is 5.99. The smallest absolute Gasteiger partial charge is 0.335 e. The van der Waals surface area contributed by atoms with Crippen LogP contribution in [0.2, 0.25) is 0 Å². The Kier molecular flexibility index (Phi) is 3.89. The number of para-hydroxylation sites is 2. The van der Waals surface area contributed by atoms with Crippen molar-refractivity contribution in [3.05, 3.63) is 55.1 Å². The predicted molar refractivity (Wildman–Crippen MR) is 87.4 cm³/mol. The molecule has 110 valence electrons. The second-order valence-corrected chi connectivity index (χ2v) is 5.48. The number of fused-ring (bicyclic) bond motifs is 1. The molecule has 0 N–H and O–H groups in total. The summed E-state index contributed by atoms with van der Waals surface area (Å²) in [5.74, 6) is 0.306. The molecule has 0 bridgehead atoms. The summed E-state index contributed by atoms with van der Waals surface area (Å²) in [5, 5.41) is 0.814. The van der Waals surface area contributed by atoms with Crippen LogP contribution in [0.25, 0.3) is 20.8 Å². The number of carbonyl (C=O) groups is 1. The van der Waals surface area contributed by atoms with Crippen LogP contribution in [0.5, 0.6) is 11.5 Å². The molecular weight excluding hydrogens is 298 g/mol. The Morgan fingerprint density at radius 1 is 1.23 bits per heavy atom. The number of carbonyl (C=O) groups excluding carboxylic acids is 1. The molecule has 0 amide bonds. The van der Waals surface area contributed by atoms with Crippen LogP contribution in [0.4, 0.5) is 0 Å². The van der Waals surface area contributed by atoms with Crippen molar-refractivity contribution in [2.45, 2.75) is 0 Å². The van der Waals surface area contributed by atoms with Crippen molar-refractivity contribution < 1.29 is 14.3 Å². The van der Waals surface area contributed by atoms with Gasteiger partial charge < -0.3 is 9.47 Å². The van der Waals surface area contributed by atoms with E-state index in [1.54, 1.807) is 23.5 Å². The number of esters is 1. The lowest BCUT2D eigenvalue weighted by Crippen LogP contribution is -2.04. The summed E-state index contributed by atoms with van der Waals surface area (Å²) in [6.45, 7) is 3.40. The number of nitrogens with zero attached hydrogens (tertiary/aromatic N) is 1. The monoisotopic (exact) mass is 311 g/mol. The van der Waals surface area contributed by atoms with E-state index in [-0.39, 0.29) is 0 Å². The Morgan fingerprint density at radius 3 is 2.77 bits per heavy atom. The molecule has 0 saturated heterocycles. The highest BCUT2D eigenvalue weighted by Gasteiger charge is 2.16. The molecule has 0 saturated carbocycles. The molecule has 0 aliphatic rings. The first-order valence-electron chi connectivity index (χ1n) is 6.60. The summed E-state index contributed by atoms with van der Waals surface area (Å²) >= 11 is 1.56. The van der Waals surface area contributed by atoms with E-state index in [2.05, 4.69) is 11.6 Å². The largest absolute Gasteiger partial charge is 0.492 e. The Hall–Kier alpha value is -2.66. The maximum Gasteiger partial charge on any atom is 0.335 e. The van der Waals surface area contributed by atoms with Gasteiger partial charge in [0.15, 0.2) is 11.5 Å². The van der Waals surface area contributed by atoms with Gasteiger partial charge in [0.1, 0.15) is 5.01 Å². The van der Waals surface area contributed by atoms with Gasteiger partial charge in [0.25, 0.3) is 0 Å². The summed E-state index contributed by atoms with van der Waals surface area (Å²) in [7, 11) is 1.54. The Morgan fingerprint density at radius 2 is 2.05 bits per heavy atom. The fourth-order valence-electron chi connectivity index (χ4n) is 2.11. The van der Waals surface area contributed by atoms with Gasteiger partial charge in [-0.1, -0.05) is 24.8 Å². The maximum atomic E-state index is 11.4. The fourth-order valence-corrected chi connectivity index (χ4v) is 3.10. The summed E-state index contributed by atoms with van der Waals surface area (Å²) < 4.78 is 11.7. The van der Waals surface area contributed by atoms with Crippen LogP contribution in [0.1, 0.15) is 0 Å². The lowest BCUT2D eigenvalue weighted by Gasteiger charge is -2.11. The minimum absolute atomic E-state index is 0.351. The van der Waals surface area contributed by atoms with Crippen LogP contribution < -0.4 is 9.47 Å². The number of methoxy groups -OCH3 is 1. The Bertz CT molecular complexity index is 821. The highest BCUT2D eigenvalue weighted by atomic mass is 32.1. The van der Waals surface area contributed by atoms with Crippen LogP contribution >= 0.6 is 11.3 Å². The Balaban J connectivity index is 2.11. The van der Waals surface area contributed by atoms with E-state index in [1.807, 2.05) is 30.3 Å². The molecule has 0 unspecified atom stereocenters. The maximum absolute atomic E-state index is 11.4. The molecule has 1 aromatic heterocycles. The molecule has 2 aromatic carbocycles. The molecule has 0 fully saturated rings. The van der Waals surface area contributed by atoms with Crippen molar-refractivity contribution in [1.82, 2.24) is 4.98 Å². The zero-order valence-corrected chi connectivity index (χ0v) is 12.7. The van der Waals surface area contributed by atoms with Gasteiger partial charge in [-0.05, 0) is 24.3 Å². The van der Waals surface area contributed by atoms with Gasteiger partial charge >= 0.3 is 5.97 Å². The number of ether oxygens (including phenoxy) is 2. The summed E-state index contributed by atoms with van der Waals surface area (Å²) in [6, 6.07) is 13.3. The van der Waals surface area contributed by atoms with Crippen LogP contribution in [0.15, 0.2) is 55.1 Å². The molecule has 0 atom stereocenters. The topological polar surface area (TPSA) is 48.4 Å². The van der Waals surface area contributed by atoms with E-state index >= 15 is 0 Å². The molecule has 1 heterocycles. The molecule has 5 heteroatoms. The summed E-state index contributed by atoms with van der Waals surface area (Å²) in [6.07, 6.45) is 1.11. The van der Waals surface area contributed by atoms with Crippen LogP contribution in [0.3, 0.4) is 0 Å². The molecule has 4 nitrogen and oxygen atoms in total. The third kappa shape index (κ3) is 2.58. The number of hydrogen-bond acceptors (Lipinski definition) is 5. The molecule has 0 spiro atoms. The molecule has 0 aliphatic heterocycles. The van der Waals surface area contributed by atoms with Gasteiger partial charge in [-0.15, -0.1) is 11.3 Å². The van der Waals surface area contributed by atoms with Crippen LogP contribution in [-0.2, 0) is 4.79 Å². The zero-order chi connectivity index (χ0) is 15.5. The third-order valence-electron chi connectivity index (χ3n) is 3.08.